The molecular weight excluding hydrogens is 344 g/mol. The molecule has 0 fully saturated rings. The number of hydrogen-bond acceptors (Lipinski definition) is 6. The molecule has 0 aromatic heterocycles. The van der Waals surface area contributed by atoms with Gasteiger partial charge in [0.2, 0.25) is 5.54 Å². The minimum Gasteiger partial charge on any atom is -0.463 e. The fourth-order valence-electron chi connectivity index (χ4n) is 2.68. The van der Waals surface area contributed by atoms with Crippen LogP contribution in [0, 0.1) is 11.3 Å². The summed E-state index contributed by atoms with van der Waals surface area (Å²) in [5, 5.41) is 21.1. The lowest BCUT2D eigenvalue weighted by atomic mass is 9.94. The van der Waals surface area contributed by atoms with E-state index < -0.39 is 11.5 Å². The lowest BCUT2D eigenvalue weighted by molar-refractivity contribution is -0.150. The van der Waals surface area contributed by atoms with Gasteiger partial charge in [-0.15, -0.1) is 0 Å². The van der Waals surface area contributed by atoms with Crippen LogP contribution in [0.25, 0.3) is 0 Å². The standard InChI is InChI=1S/C21H24N2O4/c1-2-27-20(24)21(17-22,23(25)19-12-7-4-8-13-19)14-9-15-26-16-18-10-5-3-6-11-18/h3-8,10-13,25H,2,9,14-16H2,1H3/t21-/m0/s1. The largest absolute Gasteiger partial charge is 0.463 e. The second-order valence-corrected chi connectivity index (χ2v) is 5.98. The van der Waals surface area contributed by atoms with Gasteiger partial charge in [-0.1, -0.05) is 48.5 Å². The number of hydrogen-bond donors (Lipinski definition) is 1. The molecule has 0 saturated carbocycles. The van der Waals surface area contributed by atoms with E-state index in [1.165, 1.54) is 0 Å². The number of anilines is 1. The van der Waals surface area contributed by atoms with Crippen molar-refractivity contribution in [3.05, 3.63) is 66.2 Å². The van der Waals surface area contributed by atoms with E-state index in [4.69, 9.17) is 9.47 Å². The monoisotopic (exact) mass is 368 g/mol. The first kappa shape index (κ1) is 20.4. The molecule has 2 rings (SSSR count). The predicted octanol–water partition coefficient (Wildman–Crippen LogP) is 3.70. The zero-order valence-electron chi connectivity index (χ0n) is 15.4. The van der Waals surface area contributed by atoms with Gasteiger partial charge in [-0.05, 0) is 37.5 Å². The van der Waals surface area contributed by atoms with Gasteiger partial charge in [0.1, 0.15) is 6.07 Å². The number of nitrogens with zero attached hydrogens (tertiary/aromatic N) is 2. The van der Waals surface area contributed by atoms with Crippen molar-refractivity contribution in [1.82, 2.24) is 0 Å². The summed E-state index contributed by atoms with van der Waals surface area (Å²) in [5.41, 5.74) is -0.437. The Morgan fingerprint density at radius 1 is 1.15 bits per heavy atom. The van der Waals surface area contributed by atoms with Crippen LogP contribution in [0.5, 0.6) is 0 Å². The van der Waals surface area contributed by atoms with E-state index in [9.17, 15) is 15.3 Å². The third-order valence-electron chi connectivity index (χ3n) is 4.10. The number of benzene rings is 2. The number of carbonyl (C=O) groups excluding carboxylic acids is 1. The molecule has 0 aliphatic heterocycles. The maximum absolute atomic E-state index is 12.5. The van der Waals surface area contributed by atoms with Gasteiger partial charge in [-0.2, -0.15) is 5.26 Å². The van der Waals surface area contributed by atoms with Crippen molar-refractivity contribution in [2.45, 2.75) is 31.9 Å². The van der Waals surface area contributed by atoms with Gasteiger partial charge in [0, 0.05) is 6.61 Å². The Bertz CT molecular complexity index is 746. The highest BCUT2D eigenvalue weighted by Crippen LogP contribution is 2.27. The van der Waals surface area contributed by atoms with Gasteiger partial charge in [0.15, 0.2) is 0 Å². The minimum absolute atomic E-state index is 0.0719. The summed E-state index contributed by atoms with van der Waals surface area (Å²) < 4.78 is 10.7. The van der Waals surface area contributed by atoms with Crippen molar-refractivity contribution in [3.8, 4) is 6.07 Å². The smallest absolute Gasteiger partial charge is 0.349 e. The zero-order valence-corrected chi connectivity index (χ0v) is 15.4. The van der Waals surface area contributed by atoms with Crippen molar-refractivity contribution >= 4 is 11.7 Å². The average Bonchev–Trinajstić information content (AvgIpc) is 2.72. The van der Waals surface area contributed by atoms with Crippen LogP contribution < -0.4 is 5.06 Å². The third-order valence-corrected chi connectivity index (χ3v) is 4.10. The molecule has 2 aromatic rings. The molecular formula is C21H24N2O4. The van der Waals surface area contributed by atoms with Gasteiger partial charge in [-0.25, -0.2) is 9.86 Å². The summed E-state index contributed by atoms with van der Waals surface area (Å²) in [5.74, 6) is -0.776. The molecule has 1 N–H and O–H groups in total. The molecule has 0 saturated heterocycles. The van der Waals surface area contributed by atoms with Gasteiger partial charge in [0.05, 0.1) is 18.9 Å². The van der Waals surface area contributed by atoms with Crippen LogP contribution in [0.1, 0.15) is 25.3 Å². The highest BCUT2D eigenvalue weighted by molar-refractivity contribution is 5.88. The number of carbonyl (C=O) groups is 1. The minimum atomic E-state index is -1.83. The van der Waals surface area contributed by atoms with Crippen LogP contribution in [0.3, 0.4) is 0 Å². The van der Waals surface area contributed by atoms with Crippen molar-refractivity contribution in [1.29, 1.82) is 5.26 Å². The molecule has 142 valence electrons. The maximum Gasteiger partial charge on any atom is 0.349 e. The van der Waals surface area contributed by atoms with Crippen LogP contribution in [0.15, 0.2) is 60.7 Å². The predicted molar refractivity (Wildman–Crippen MR) is 101 cm³/mol. The van der Waals surface area contributed by atoms with E-state index in [-0.39, 0.29) is 13.0 Å². The van der Waals surface area contributed by atoms with Gasteiger partial charge in [-0.3, -0.25) is 5.21 Å². The fraction of sp³-hybridized carbons (Fsp3) is 0.333. The molecule has 0 radical (unpaired) electrons. The van der Waals surface area contributed by atoms with E-state index >= 15 is 0 Å². The first-order valence-electron chi connectivity index (χ1n) is 8.88. The van der Waals surface area contributed by atoms with Crippen molar-refractivity contribution < 1.29 is 19.5 Å². The lowest BCUT2D eigenvalue weighted by Gasteiger charge is -2.33. The molecule has 0 heterocycles. The number of para-hydroxylation sites is 1. The van der Waals surface area contributed by atoms with E-state index in [0.29, 0.717) is 30.4 Å². The highest BCUT2D eigenvalue weighted by Gasteiger charge is 2.46. The van der Waals surface area contributed by atoms with E-state index in [1.54, 1.807) is 37.3 Å². The Morgan fingerprint density at radius 2 is 1.78 bits per heavy atom. The number of rotatable bonds is 10. The molecule has 0 aliphatic rings. The van der Waals surface area contributed by atoms with Gasteiger partial charge >= 0.3 is 5.97 Å². The van der Waals surface area contributed by atoms with Crippen molar-refractivity contribution in [3.63, 3.8) is 0 Å². The Kier molecular flexibility index (Phi) is 7.80. The van der Waals surface area contributed by atoms with Crippen LogP contribution >= 0.6 is 0 Å². The Hall–Kier alpha value is -2.88. The van der Waals surface area contributed by atoms with E-state index in [0.717, 1.165) is 5.56 Å². The molecule has 0 bridgehead atoms. The number of esters is 1. The summed E-state index contributed by atoms with van der Waals surface area (Å²) in [6, 6.07) is 20.1. The number of hydroxylamine groups is 1. The van der Waals surface area contributed by atoms with E-state index in [2.05, 4.69) is 0 Å². The average molecular weight is 368 g/mol. The Morgan fingerprint density at radius 3 is 2.37 bits per heavy atom. The Balaban J connectivity index is 2.03. The fourth-order valence-corrected chi connectivity index (χ4v) is 2.68. The van der Waals surface area contributed by atoms with E-state index in [1.807, 2.05) is 36.4 Å². The van der Waals surface area contributed by atoms with Crippen LogP contribution in [0.2, 0.25) is 0 Å². The highest BCUT2D eigenvalue weighted by atomic mass is 16.6. The molecule has 0 amide bonds. The Labute approximate surface area is 159 Å². The first-order chi connectivity index (χ1) is 13.1. The zero-order chi connectivity index (χ0) is 19.5. The van der Waals surface area contributed by atoms with Crippen LogP contribution in [-0.2, 0) is 20.9 Å². The molecule has 6 heteroatoms. The van der Waals surface area contributed by atoms with Gasteiger partial charge < -0.3 is 9.47 Å². The number of ether oxygens (including phenoxy) is 2. The topological polar surface area (TPSA) is 82.8 Å². The third kappa shape index (κ3) is 5.30. The molecule has 2 aromatic carbocycles. The van der Waals surface area contributed by atoms with Crippen LogP contribution in [0.4, 0.5) is 5.69 Å². The molecule has 0 aliphatic carbocycles. The lowest BCUT2D eigenvalue weighted by Crippen LogP contribution is -2.53. The summed E-state index contributed by atoms with van der Waals surface area (Å²) in [7, 11) is 0. The van der Waals surface area contributed by atoms with Crippen molar-refractivity contribution in [2.75, 3.05) is 18.3 Å². The SMILES string of the molecule is CCOC(=O)[C@@](C#N)(CCCOCc1ccccc1)N(O)c1ccccc1. The normalized spacial score (nSPS) is 12.6. The molecule has 6 nitrogen and oxygen atoms in total. The van der Waals surface area contributed by atoms with Gasteiger partial charge in [0.25, 0.3) is 0 Å². The summed E-state index contributed by atoms with van der Waals surface area (Å²) in [4.78, 5) is 12.5. The molecule has 1 atom stereocenters. The summed E-state index contributed by atoms with van der Waals surface area (Å²) in [6.07, 6.45) is 0.478. The molecule has 27 heavy (non-hydrogen) atoms. The summed E-state index contributed by atoms with van der Waals surface area (Å²) >= 11 is 0. The quantitative estimate of drug-likeness (QED) is 0.391. The van der Waals surface area contributed by atoms with Crippen molar-refractivity contribution in [2.24, 2.45) is 0 Å². The molecule has 0 spiro atoms. The number of nitriles is 1. The second kappa shape index (κ2) is 10.3. The van der Waals surface area contributed by atoms with Crippen LogP contribution in [-0.4, -0.2) is 29.9 Å². The summed E-state index contributed by atoms with van der Waals surface area (Å²) in [6.45, 7) is 2.57. The second-order valence-electron chi connectivity index (χ2n) is 5.98. The maximum atomic E-state index is 12.5. The first-order valence-corrected chi connectivity index (χ1v) is 8.88. The molecule has 0 unspecified atom stereocenters.